The first-order chi connectivity index (χ1) is 15.9. The number of anilines is 1. The molecule has 3 rings (SSSR count). The summed E-state index contributed by atoms with van der Waals surface area (Å²) in [6.07, 6.45) is 2.02. The molecule has 0 spiro atoms. The van der Waals surface area contributed by atoms with E-state index >= 15 is 0 Å². The Hall–Kier alpha value is -3.41. The van der Waals surface area contributed by atoms with Gasteiger partial charge in [0, 0.05) is 6.54 Å². The molecule has 0 fully saturated rings. The monoisotopic (exact) mass is 491 g/mol. The van der Waals surface area contributed by atoms with Crippen LogP contribution in [0.5, 0.6) is 0 Å². The molecule has 1 aliphatic rings. The van der Waals surface area contributed by atoms with Crippen LogP contribution in [-0.4, -0.2) is 55.2 Å². The lowest BCUT2D eigenvalue weighted by atomic mass is 10.1. The van der Waals surface area contributed by atoms with Crippen LogP contribution >= 0.6 is 0 Å². The van der Waals surface area contributed by atoms with Crippen LogP contribution in [0.15, 0.2) is 40.5 Å². The summed E-state index contributed by atoms with van der Waals surface area (Å²) in [4.78, 5) is 28.8. The average Bonchev–Trinajstić information content (AvgIpc) is 3.15. The number of hydrazone groups is 1. The second kappa shape index (κ2) is 9.84. The number of fused-ring (bicyclic) bond motifs is 1. The van der Waals surface area contributed by atoms with Gasteiger partial charge in [0.1, 0.15) is 11.4 Å². The number of ether oxygens (including phenoxy) is 2. The zero-order valence-electron chi connectivity index (χ0n) is 19.8. The van der Waals surface area contributed by atoms with Gasteiger partial charge in [-0.3, -0.25) is 9.69 Å². The zero-order chi connectivity index (χ0) is 25.1. The summed E-state index contributed by atoms with van der Waals surface area (Å²) in [7, 11) is -3.87. The highest BCUT2D eigenvalue weighted by molar-refractivity contribution is 7.89. The van der Waals surface area contributed by atoms with Crippen molar-refractivity contribution in [3.05, 3.63) is 41.6 Å². The van der Waals surface area contributed by atoms with Crippen molar-refractivity contribution in [3.63, 3.8) is 0 Å². The molecule has 34 heavy (non-hydrogen) atoms. The third kappa shape index (κ3) is 5.93. The molecule has 1 unspecified atom stereocenters. The maximum absolute atomic E-state index is 13.0. The zero-order valence-corrected chi connectivity index (χ0v) is 20.6. The van der Waals surface area contributed by atoms with Crippen LogP contribution in [0.2, 0.25) is 0 Å². The third-order valence-electron chi connectivity index (χ3n) is 4.83. The number of aryl methyl sites for hydroxylation is 1. The fraction of sp³-hybridized carbons (Fsp3) is 0.455. The maximum atomic E-state index is 13.0. The first kappa shape index (κ1) is 25.2. The molecule has 0 bridgehead atoms. The highest BCUT2D eigenvalue weighted by atomic mass is 32.2. The molecule has 2 aromatic rings. The van der Waals surface area contributed by atoms with Crippen LogP contribution in [0.25, 0.3) is 0 Å². The molecule has 0 saturated carbocycles. The molecule has 0 saturated heterocycles. The average molecular weight is 492 g/mol. The van der Waals surface area contributed by atoms with E-state index in [0.717, 1.165) is 5.56 Å². The summed E-state index contributed by atoms with van der Waals surface area (Å²) < 4.78 is 37.1. The van der Waals surface area contributed by atoms with E-state index in [4.69, 9.17) is 9.47 Å². The lowest BCUT2D eigenvalue weighted by Crippen LogP contribution is -2.47. The Bertz CT molecular complexity index is 1180. The van der Waals surface area contributed by atoms with Gasteiger partial charge in [-0.2, -0.15) is 18.6 Å². The van der Waals surface area contributed by atoms with Crippen molar-refractivity contribution in [1.29, 1.82) is 0 Å². The molecule has 0 aliphatic carbocycles. The smallest absolute Gasteiger partial charge is 0.416 e. The maximum Gasteiger partial charge on any atom is 0.416 e. The molecule has 2 heterocycles. The van der Waals surface area contributed by atoms with Crippen molar-refractivity contribution in [2.45, 2.75) is 51.7 Å². The number of esters is 1. The molecule has 1 aromatic heterocycles. The predicted octanol–water partition coefficient (Wildman–Crippen LogP) is 2.44. The molecule has 11 nitrogen and oxygen atoms in total. The van der Waals surface area contributed by atoms with Gasteiger partial charge in [0.05, 0.1) is 41.9 Å². The van der Waals surface area contributed by atoms with Gasteiger partial charge >= 0.3 is 12.1 Å². The highest BCUT2D eigenvalue weighted by Crippen LogP contribution is 2.29. The minimum atomic E-state index is -3.87. The van der Waals surface area contributed by atoms with Crippen LogP contribution in [0, 0.1) is 12.8 Å². The summed E-state index contributed by atoms with van der Waals surface area (Å²) >= 11 is 0. The van der Waals surface area contributed by atoms with Gasteiger partial charge in [0.2, 0.25) is 0 Å². The standard InChI is InChI=1S/C22H29N5O6S/c1-6-32-20(28)17-13-26(21(29)33-22(3,4)5)19-16(12-24-27(19)14-17)11-23-25-34(30,31)18-9-7-15(2)8-10-18/h7-12,17,25H,6,13-14H2,1-5H3/b23-11-. The minimum absolute atomic E-state index is 0.0232. The molecule has 1 aromatic carbocycles. The van der Waals surface area contributed by atoms with Crippen molar-refractivity contribution >= 4 is 34.1 Å². The molecular formula is C22H29N5O6S. The van der Waals surface area contributed by atoms with E-state index in [0.29, 0.717) is 11.4 Å². The number of carbonyl (C=O) groups excluding carboxylic acids is 2. The number of benzene rings is 1. The van der Waals surface area contributed by atoms with E-state index in [1.807, 2.05) is 6.92 Å². The van der Waals surface area contributed by atoms with E-state index in [9.17, 15) is 18.0 Å². The molecule has 1 aliphatic heterocycles. The highest BCUT2D eigenvalue weighted by Gasteiger charge is 2.37. The summed E-state index contributed by atoms with van der Waals surface area (Å²) in [5.41, 5.74) is 0.536. The molecule has 1 N–H and O–H groups in total. The van der Waals surface area contributed by atoms with Crippen molar-refractivity contribution < 1.29 is 27.5 Å². The van der Waals surface area contributed by atoms with Crippen LogP contribution < -0.4 is 9.73 Å². The summed E-state index contributed by atoms with van der Waals surface area (Å²) in [6.45, 7) is 9.19. The molecule has 0 radical (unpaired) electrons. The Balaban J connectivity index is 1.88. The molecule has 184 valence electrons. The number of hydrogen-bond acceptors (Lipinski definition) is 8. The number of hydrogen-bond donors (Lipinski definition) is 1. The molecule has 12 heteroatoms. The summed E-state index contributed by atoms with van der Waals surface area (Å²) in [6, 6.07) is 6.33. The van der Waals surface area contributed by atoms with E-state index in [-0.39, 0.29) is 24.6 Å². The third-order valence-corrected chi connectivity index (χ3v) is 6.07. The van der Waals surface area contributed by atoms with Crippen LogP contribution in [0.3, 0.4) is 0 Å². The normalized spacial score (nSPS) is 16.3. The summed E-state index contributed by atoms with van der Waals surface area (Å²) in [5.74, 6) is -0.740. The first-order valence-electron chi connectivity index (χ1n) is 10.8. The van der Waals surface area contributed by atoms with Crippen LogP contribution in [-0.2, 0) is 30.8 Å². The Morgan fingerprint density at radius 3 is 2.53 bits per heavy atom. The van der Waals surface area contributed by atoms with Crippen molar-refractivity contribution in [1.82, 2.24) is 14.6 Å². The van der Waals surface area contributed by atoms with E-state index in [1.54, 1.807) is 39.8 Å². The Kier molecular flexibility index (Phi) is 7.29. The molecule has 1 atom stereocenters. The van der Waals surface area contributed by atoms with Gasteiger partial charge in [-0.25, -0.2) is 14.3 Å². The van der Waals surface area contributed by atoms with E-state index in [1.165, 1.54) is 34.1 Å². The van der Waals surface area contributed by atoms with Gasteiger partial charge in [-0.15, -0.1) is 0 Å². The number of sulfonamides is 1. The predicted molar refractivity (Wildman–Crippen MR) is 125 cm³/mol. The van der Waals surface area contributed by atoms with Gasteiger partial charge in [-0.05, 0) is 46.8 Å². The number of nitrogens with one attached hydrogen (secondary N) is 1. The van der Waals surface area contributed by atoms with Gasteiger partial charge in [-0.1, -0.05) is 17.7 Å². The van der Waals surface area contributed by atoms with Gasteiger partial charge < -0.3 is 9.47 Å². The van der Waals surface area contributed by atoms with Gasteiger partial charge in [0.25, 0.3) is 10.0 Å². The van der Waals surface area contributed by atoms with Crippen LogP contribution in [0.1, 0.15) is 38.8 Å². The van der Waals surface area contributed by atoms with Crippen LogP contribution in [0.4, 0.5) is 10.6 Å². The number of amides is 1. The first-order valence-corrected chi connectivity index (χ1v) is 12.2. The van der Waals surface area contributed by atoms with Crippen molar-refractivity contribution in [3.8, 4) is 0 Å². The van der Waals surface area contributed by atoms with E-state index < -0.39 is 33.6 Å². The topological polar surface area (TPSA) is 132 Å². The number of carbonyl (C=O) groups is 2. The van der Waals surface area contributed by atoms with Crippen molar-refractivity contribution in [2.75, 3.05) is 18.1 Å². The van der Waals surface area contributed by atoms with Crippen molar-refractivity contribution in [2.24, 2.45) is 11.0 Å². The SMILES string of the molecule is CCOC(=O)C1CN(C(=O)OC(C)(C)C)c2c(/C=N\NS(=O)(=O)c3ccc(C)cc3)cnn2C1. The second-order valence-electron chi connectivity index (χ2n) is 8.81. The minimum Gasteiger partial charge on any atom is -0.466 e. The Labute approximate surface area is 198 Å². The van der Waals surface area contributed by atoms with Gasteiger partial charge in [0.15, 0.2) is 0 Å². The van der Waals surface area contributed by atoms with E-state index in [2.05, 4.69) is 15.0 Å². The Morgan fingerprint density at radius 1 is 1.24 bits per heavy atom. The lowest BCUT2D eigenvalue weighted by molar-refractivity contribution is -0.148. The second-order valence-corrected chi connectivity index (χ2v) is 10.5. The molecule has 1 amide bonds. The quantitative estimate of drug-likeness (QED) is 0.373. The number of aromatic nitrogens is 2. The molecular weight excluding hydrogens is 462 g/mol. The lowest BCUT2D eigenvalue weighted by Gasteiger charge is -2.33. The largest absolute Gasteiger partial charge is 0.466 e. The fourth-order valence-electron chi connectivity index (χ4n) is 3.31. The summed E-state index contributed by atoms with van der Waals surface area (Å²) in [5, 5.41) is 8.11. The fourth-order valence-corrected chi connectivity index (χ4v) is 4.10. The number of nitrogens with zero attached hydrogens (tertiary/aromatic N) is 4. The number of rotatable bonds is 6. The Morgan fingerprint density at radius 2 is 1.91 bits per heavy atom.